The van der Waals surface area contributed by atoms with Crippen molar-refractivity contribution < 1.29 is 23.1 Å². The molecule has 2 amide bonds. The minimum absolute atomic E-state index is 0.0269. The highest BCUT2D eigenvalue weighted by Gasteiger charge is 2.25. The van der Waals surface area contributed by atoms with Crippen LogP contribution in [-0.2, 0) is 32.6 Å². The number of sulfonamides is 1. The third-order valence-electron chi connectivity index (χ3n) is 5.74. The zero-order valence-corrected chi connectivity index (χ0v) is 18.8. The molecular formula is C23H29N3O5S. The minimum atomic E-state index is -4.10. The van der Waals surface area contributed by atoms with Gasteiger partial charge in [-0.15, -0.1) is 0 Å². The van der Waals surface area contributed by atoms with Gasteiger partial charge in [0.15, 0.2) is 0 Å². The predicted octanol–water partition coefficient (Wildman–Crippen LogP) is 2.55. The largest absolute Gasteiger partial charge is 0.390 e. The zero-order chi connectivity index (χ0) is 23.0. The highest BCUT2D eigenvalue weighted by Crippen LogP contribution is 2.26. The average molecular weight is 460 g/mol. The summed E-state index contributed by atoms with van der Waals surface area (Å²) in [6.07, 6.45) is 8.54. The molecule has 0 aliphatic heterocycles. The number of hydrogen-bond acceptors (Lipinski definition) is 6. The van der Waals surface area contributed by atoms with E-state index >= 15 is 0 Å². The lowest BCUT2D eigenvalue weighted by Crippen LogP contribution is -2.29. The summed E-state index contributed by atoms with van der Waals surface area (Å²) in [6.45, 7) is 0.206. The predicted molar refractivity (Wildman–Crippen MR) is 120 cm³/mol. The van der Waals surface area contributed by atoms with Crippen molar-refractivity contribution in [3.63, 3.8) is 0 Å². The molecule has 1 aromatic heterocycles. The zero-order valence-electron chi connectivity index (χ0n) is 17.9. The van der Waals surface area contributed by atoms with Gasteiger partial charge in [-0.2, -0.15) is 0 Å². The number of pyridine rings is 1. The summed E-state index contributed by atoms with van der Waals surface area (Å²) >= 11 is 0. The third-order valence-corrected chi connectivity index (χ3v) is 7.42. The van der Waals surface area contributed by atoms with E-state index in [2.05, 4.69) is 10.3 Å². The Hall–Kier alpha value is -2.78. The molecule has 0 spiro atoms. The number of aliphatic hydroxyl groups is 1. The molecule has 1 fully saturated rings. The number of nitrogens with zero attached hydrogens (tertiary/aromatic N) is 2. The Morgan fingerprint density at radius 1 is 1.12 bits per heavy atom. The molecule has 0 saturated heterocycles. The second-order valence-corrected chi connectivity index (χ2v) is 9.84. The van der Waals surface area contributed by atoms with E-state index < -0.39 is 10.0 Å². The topological polar surface area (TPSA) is 117 Å². The van der Waals surface area contributed by atoms with Crippen molar-refractivity contribution in [1.29, 1.82) is 0 Å². The fourth-order valence-corrected chi connectivity index (χ4v) is 5.12. The van der Waals surface area contributed by atoms with Gasteiger partial charge in [-0.05, 0) is 55.0 Å². The van der Waals surface area contributed by atoms with Gasteiger partial charge in [0.25, 0.3) is 10.0 Å². The lowest BCUT2D eigenvalue weighted by atomic mass is 9.87. The molecule has 0 radical (unpaired) electrons. The molecule has 3 rings (SSSR count). The molecule has 0 bridgehead atoms. The molecule has 1 heterocycles. The van der Waals surface area contributed by atoms with E-state index in [0.717, 1.165) is 18.4 Å². The van der Waals surface area contributed by atoms with Crippen molar-refractivity contribution in [2.45, 2.75) is 56.4 Å². The maximum atomic E-state index is 12.9. The lowest BCUT2D eigenvalue weighted by molar-refractivity contribution is -0.122. The summed E-state index contributed by atoms with van der Waals surface area (Å²) in [5.74, 6) is 0.558. The van der Waals surface area contributed by atoms with Gasteiger partial charge < -0.3 is 10.4 Å². The number of carbonyl (C=O) groups is 2. The number of hydrogen-bond donors (Lipinski definition) is 2. The summed E-state index contributed by atoms with van der Waals surface area (Å²) < 4.78 is 26.4. The first-order chi connectivity index (χ1) is 15.4. The van der Waals surface area contributed by atoms with E-state index in [1.54, 1.807) is 12.1 Å². The SMILES string of the molecule is O=CN(c1ccc(CO)nc1)S(=O)(=O)c1ccc(CCNC(=O)CC2CCCCC2)cc1. The van der Waals surface area contributed by atoms with E-state index in [1.807, 2.05) is 0 Å². The fraction of sp³-hybridized carbons (Fsp3) is 0.435. The van der Waals surface area contributed by atoms with Crippen LogP contribution in [0, 0.1) is 5.92 Å². The number of aliphatic hydroxyl groups excluding tert-OH is 1. The van der Waals surface area contributed by atoms with Crippen molar-refractivity contribution in [3.05, 3.63) is 53.9 Å². The number of amides is 2. The number of aromatic nitrogens is 1. The molecule has 8 nitrogen and oxygen atoms in total. The van der Waals surface area contributed by atoms with Gasteiger partial charge in [-0.25, -0.2) is 12.7 Å². The molecule has 1 aromatic carbocycles. The Morgan fingerprint density at radius 3 is 2.44 bits per heavy atom. The van der Waals surface area contributed by atoms with Crippen LogP contribution in [-0.4, -0.2) is 37.4 Å². The average Bonchev–Trinajstić information content (AvgIpc) is 2.81. The van der Waals surface area contributed by atoms with Gasteiger partial charge in [-0.3, -0.25) is 14.6 Å². The fourth-order valence-electron chi connectivity index (χ4n) is 3.91. The van der Waals surface area contributed by atoms with Gasteiger partial charge in [0.2, 0.25) is 12.3 Å². The first-order valence-electron chi connectivity index (χ1n) is 10.8. The van der Waals surface area contributed by atoms with Crippen LogP contribution in [0.25, 0.3) is 0 Å². The molecule has 2 N–H and O–H groups in total. The summed E-state index contributed by atoms with van der Waals surface area (Å²) in [5, 5.41) is 12.0. The van der Waals surface area contributed by atoms with Gasteiger partial charge in [-0.1, -0.05) is 31.4 Å². The molecule has 1 aliphatic carbocycles. The number of anilines is 1. The Morgan fingerprint density at radius 2 is 1.84 bits per heavy atom. The van der Waals surface area contributed by atoms with Crippen LogP contribution in [0.4, 0.5) is 5.69 Å². The van der Waals surface area contributed by atoms with Crippen LogP contribution < -0.4 is 9.62 Å². The molecule has 9 heteroatoms. The van der Waals surface area contributed by atoms with Crippen LogP contribution in [0.2, 0.25) is 0 Å². The van der Waals surface area contributed by atoms with Crippen LogP contribution >= 0.6 is 0 Å². The molecule has 2 aromatic rings. The number of nitrogens with one attached hydrogen (secondary N) is 1. The number of benzene rings is 1. The summed E-state index contributed by atoms with van der Waals surface area (Å²) in [5.41, 5.74) is 1.34. The highest BCUT2D eigenvalue weighted by atomic mass is 32.2. The molecule has 32 heavy (non-hydrogen) atoms. The summed E-state index contributed by atoms with van der Waals surface area (Å²) in [4.78, 5) is 27.5. The van der Waals surface area contributed by atoms with Crippen molar-refractivity contribution >= 4 is 28.0 Å². The monoisotopic (exact) mass is 459 g/mol. The second kappa shape index (κ2) is 11.2. The van der Waals surface area contributed by atoms with Crippen molar-refractivity contribution in [2.24, 2.45) is 5.92 Å². The Labute approximate surface area is 188 Å². The summed E-state index contributed by atoms with van der Waals surface area (Å²) in [6, 6.07) is 9.11. The van der Waals surface area contributed by atoms with E-state index in [-0.39, 0.29) is 29.5 Å². The van der Waals surface area contributed by atoms with Gasteiger partial charge >= 0.3 is 0 Å². The molecule has 1 aliphatic rings. The third kappa shape index (κ3) is 6.14. The molecule has 0 atom stereocenters. The second-order valence-electron chi connectivity index (χ2n) is 8.02. The standard InChI is InChI=1S/C23H29N3O5S/c27-16-20-8-9-21(15-25-20)26(17-28)32(30,31)22-10-6-18(7-11-22)12-13-24-23(29)14-19-4-2-1-3-5-19/h6-11,15,17,19,27H,1-5,12-14,16H2,(H,24,29). The van der Waals surface area contributed by atoms with Crippen LogP contribution in [0.3, 0.4) is 0 Å². The van der Waals surface area contributed by atoms with Crippen LogP contribution in [0.5, 0.6) is 0 Å². The van der Waals surface area contributed by atoms with Crippen molar-refractivity contribution in [2.75, 3.05) is 10.8 Å². The molecule has 0 unspecified atom stereocenters. The lowest BCUT2D eigenvalue weighted by Gasteiger charge is -2.20. The Bertz CT molecular complexity index is 1000. The quantitative estimate of drug-likeness (QED) is 0.528. The maximum Gasteiger partial charge on any atom is 0.270 e. The van der Waals surface area contributed by atoms with Gasteiger partial charge in [0.05, 0.1) is 29.1 Å². The van der Waals surface area contributed by atoms with E-state index in [1.165, 1.54) is 49.7 Å². The van der Waals surface area contributed by atoms with E-state index in [4.69, 9.17) is 5.11 Å². The van der Waals surface area contributed by atoms with Crippen LogP contribution in [0.1, 0.15) is 49.8 Å². The molecular weight excluding hydrogens is 430 g/mol. The molecule has 1 saturated carbocycles. The van der Waals surface area contributed by atoms with Crippen molar-refractivity contribution in [3.8, 4) is 0 Å². The maximum absolute atomic E-state index is 12.9. The Kier molecular flexibility index (Phi) is 8.35. The van der Waals surface area contributed by atoms with E-state index in [0.29, 0.717) is 35.3 Å². The number of carbonyl (C=O) groups excluding carboxylic acids is 2. The van der Waals surface area contributed by atoms with Gasteiger partial charge in [0.1, 0.15) is 0 Å². The number of rotatable bonds is 10. The summed E-state index contributed by atoms with van der Waals surface area (Å²) in [7, 11) is -4.10. The minimum Gasteiger partial charge on any atom is -0.390 e. The smallest absolute Gasteiger partial charge is 0.270 e. The Balaban J connectivity index is 1.57. The first kappa shape index (κ1) is 23.9. The van der Waals surface area contributed by atoms with Crippen LogP contribution in [0.15, 0.2) is 47.5 Å². The first-order valence-corrected chi connectivity index (χ1v) is 12.3. The normalized spacial score (nSPS) is 14.7. The van der Waals surface area contributed by atoms with Gasteiger partial charge in [0, 0.05) is 13.0 Å². The van der Waals surface area contributed by atoms with Crippen molar-refractivity contribution in [1.82, 2.24) is 10.3 Å². The highest BCUT2D eigenvalue weighted by molar-refractivity contribution is 7.93. The molecule has 172 valence electrons. The van der Waals surface area contributed by atoms with E-state index in [9.17, 15) is 18.0 Å².